The van der Waals surface area contributed by atoms with E-state index in [-0.39, 0.29) is 23.3 Å². The zero-order valence-electron chi connectivity index (χ0n) is 11.1. The van der Waals surface area contributed by atoms with Crippen molar-refractivity contribution in [2.75, 3.05) is 18.0 Å². The van der Waals surface area contributed by atoms with E-state index in [0.717, 1.165) is 12.5 Å². The standard InChI is InChI=1S/C12H16N4O4/c1-8(13)9-4-5-14(7-9)11-3-2-10(15(17)18)6-12(11)16(19)20/h2-3,6,8-9H,4-5,7,13H2,1H3. The molecule has 2 atom stereocenters. The van der Waals surface area contributed by atoms with Crippen molar-refractivity contribution in [2.45, 2.75) is 19.4 Å². The van der Waals surface area contributed by atoms with Crippen LogP contribution in [0.25, 0.3) is 0 Å². The topological polar surface area (TPSA) is 116 Å². The monoisotopic (exact) mass is 280 g/mol. The molecule has 0 spiro atoms. The smallest absolute Gasteiger partial charge is 0.299 e. The van der Waals surface area contributed by atoms with Crippen molar-refractivity contribution in [1.29, 1.82) is 0 Å². The van der Waals surface area contributed by atoms with E-state index < -0.39 is 9.85 Å². The number of nitrogens with zero attached hydrogens (tertiary/aromatic N) is 3. The molecule has 8 nitrogen and oxygen atoms in total. The van der Waals surface area contributed by atoms with Gasteiger partial charge in [0.25, 0.3) is 11.4 Å². The van der Waals surface area contributed by atoms with E-state index >= 15 is 0 Å². The van der Waals surface area contributed by atoms with Crippen LogP contribution >= 0.6 is 0 Å². The quantitative estimate of drug-likeness (QED) is 0.662. The lowest BCUT2D eigenvalue weighted by molar-refractivity contribution is -0.393. The van der Waals surface area contributed by atoms with Crippen molar-refractivity contribution in [3.8, 4) is 0 Å². The van der Waals surface area contributed by atoms with E-state index in [0.29, 0.717) is 18.8 Å². The summed E-state index contributed by atoms with van der Waals surface area (Å²) in [5.41, 5.74) is 5.76. The summed E-state index contributed by atoms with van der Waals surface area (Å²) in [4.78, 5) is 22.5. The lowest BCUT2D eigenvalue weighted by Gasteiger charge is -2.19. The number of non-ortho nitro benzene ring substituents is 1. The van der Waals surface area contributed by atoms with Crippen molar-refractivity contribution in [2.24, 2.45) is 11.7 Å². The molecule has 1 aromatic rings. The average Bonchev–Trinajstić information content (AvgIpc) is 2.87. The van der Waals surface area contributed by atoms with Gasteiger partial charge in [0.15, 0.2) is 0 Å². The molecule has 0 radical (unpaired) electrons. The van der Waals surface area contributed by atoms with Gasteiger partial charge < -0.3 is 10.6 Å². The molecule has 108 valence electrons. The summed E-state index contributed by atoms with van der Waals surface area (Å²) in [7, 11) is 0. The second kappa shape index (κ2) is 5.41. The Morgan fingerprint density at radius 1 is 1.35 bits per heavy atom. The highest BCUT2D eigenvalue weighted by molar-refractivity contribution is 5.67. The van der Waals surface area contributed by atoms with Gasteiger partial charge in [0.1, 0.15) is 5.69 Å². The molecule has 1 aromatic carbocycles. The van der Waals surface area contributed by atoms with Crippen LogP contribution in [-0.2, 0) is 0 Å². The van der Waals surface area contributed by atoms with Crippen LogP contribution in [-0.4, -0.2) is 29.0 Å². The number of rotatable bonds is 4. The van der Waals surface area contributed by atoms with Crippen molar-refractivity contribution >= 4 is 17.1 Å². The van der Waals surface area contributed by atoms with E-state index in [2.05, 4.69) is 0 Å². The van der Waals surface area contributed by atoms with Gasteiger partial charge in [0, 0.05) is 25.2 Å². The Labute approximate surface area is 115 Å². The summed E-state index contributed by atoms with van der Waals surface area (Å²) >= 11 is 0. The van der Waals surface area contributed by atoms with Crippen LogP contribution in [0.4, 0.5) is 17.1 Å². The fourth-order valence-corrected chi connectivity index (χ4v) is 2.47. The highest BCUT2D eigenvalue weighted by Crippen LogP contribution is 2.35. The molecular formula is C12H16N4O4. The fourth-order valence-electron chi connectivity index (χ4n) is 2.47. The molecule has 8 heteroatoms. The first-order valence-corrected chi connectivity index (χ1v) is 6.33. The first-order chi connectivity index (χ1) is 9.40. The van der Waals surface area contributed by atoms with Gasteiger partial charge in [0.2, 0.25) is 0 Å². The Kier molecular flexibility index (Phi) is 3.84. The third-order valence-corrected chi connectivity index (χ3v) is 3.68. The van der Waals surface area contributed by atoms with Gasteiger partial charge >= 0.3 is 0 Å². The Balaban J connectivity index is 2.32. The number of hydrogen-bond donors (Lipinski definition) is 1. The van der Waals surface area contributed by atoms with Gasteiger partial charge in [-0.1, -0.05) is 0 Å². The lowest BCUT2D eigenvalue weighted by Crippen LogP contribution is -2.29. The number of nitrogens with two attached hydrogens (primary N) is 1. The maximum absolute atomic E-state index is 11.1. The van der Waals surface area contributed by atoms with E-state index in [1.165, 1.54) is 12.1 Å². The van der Waals surface area contributed by atoms with Crippen LogP contribution in [0.1, 0.15) is 13.3 Å². The van der Waals surface area contributed by atoms with E-state index in [4.69, 9.17) is 5.73 Å². The zero-order chi connectivity index (χ0) is 14.9. The summed E-state index contributed by atoms with van der Waals surface area (Å²) in [6.45, 7) is 3.22. The first kappa shape index (κ1) is 14.2. The predicted octanol–water partition coefficient (Wildman–Crippen LogP) is 1.68. The molecule has 2 unspecified atom stereocenters. The van der Waals surface area contributed by atoms with Crippen LogP contribution in [0.2, 0.25) is 0 Å². The molecule has 1 aliphatic rings. The average molecular weight is 280 g/mol. The molecule has 0 bridgehead atoms. The maximum atomic E-state index is 11.1. The molecule has 1 fully saturated rings. The lowest BCUT2D eigenvalue weighted by atomic mass is 10.0. The second-order valence-electron chi connectivity index (χ2n) is 5.04. The van der Waals surface area contributed by atoms with E-state index in [9.17, 15) is 20.2 Å². The Hall–Kier alpha value is -2.22. The molecule has 2 rings (SSSR count). The van der Waals surface area contributed by atoms with Crippen LogP contribution in [0.3, 0.4) is 0 Å². The molecule has 2 N–H and O–H groups in total. The van der Waals surface area contributed by atoms with Crippen molar-refractivity contribution < 1.29 is 9.85 Å². The highest BCUT2D eigenvalue weighted by Gasteiger charge is 2.30. The van der Waals surface area contributed by atoms with Gasteiger partial charge in [-0.2, -0.15) is 0 Å². The number of anilines is 1. The fraction of sp³-hybridized carbons (Fsp3) is 0.500. The van der Waals surface area contributed by atoms with Gasteiger partial charge in [-0.3, -0.25) is 20.2 Å². The first-order valence-electron chi connectivity index (χ1n) is 6.33. The van der Waals surface area contributed by atoms with E-state index in [1.807, 2.05) is 11.8 Å². The summed E-state index contributed by atoms with van der Waals surface area (Å²) in [5.74, 6) is 0.282. The van der Waals surface area contributed by atoms with Crippen molar-refractivity contribution in [3.05, 3.63) is 38.4 Å². The van der Waals surface area contributed by atoms with Gasteiger partial charge in [-0.15, -0.1) is 0 Å². The summed E-state index contributed by atoms with van der Waals surface area (Å²) in [6.07, 6.45) is 0.867. The van der Waals surface area contributed by atoms with Crippen molar-refractivity contribution in [3.63, 3.8) is 0 Å². The minimum absolute atomic E-state index is 0.0251. The van der Waals surface area contributed by atoms with Crippen molar-refractivity contribution in [1.82, 2.24) is 0 Å². The van der Waals surface area contributed by atoms with Gasteiger partial charge in [-0.25, -0.2) is 0 Å². The minimum Gasteiger partial charge on any atom is -0.366 e. The molecule has 1 saturated heterocycles. The largest absolute Gasteiger partial charge is 0.366 e. The Morgan fingerprint density at radius 3 is 2.55 bits per heavy atom. The molecule has 0 aromatic heterocycles. The van der Waals surface area contributed by atoms with Crippen LogP contribution < -0.4 is 10.6 Å². The second-order valence-corrected chi connectivity index (χ2v) is 5.04. The molecule has 0 saturated carbocycles. The SMILES string of the molecule is CC(N)C1CCN(c2ccc([N+](=O)[O-])cc2[N+](=O)[O-])C1. The minimum atomic E-state index is -0.633. The molecule has 0 aliphatic carbocycles. The van der Waals surface area contributed by atoms with Gasteiger partial charge in [0.05, 0.1) is 15.9 Å². The number of nitro benzene ring substituents is 2. The summed E-state index contributed by atoms with van der Waals surface area (Å²) in [5, 5.41) is 21.8. The molecular weight excluding hydrogens is 264 g/mol. The van der Waals surface area contributed by atoms with Gasteiger partial charge in [-0.05, 0) is 25.3 Å². The molecule has 0 amide bonds. The third kappa shape index (κ3) is 2.69. The predicted molar refractivity (Wildman–Crippen MR) is 73.7 cm³/mol. The number of benzene rings is 1. The normalized spacial score (nSPS) is 19.9. The molecule has 1 heterocycles. The summed E-state index contributed by atoms with van der Waals surface area (Å²) < 4.78 is 0. The maximum Gasteiger partial charge on any atom is 0.299 e. The van der Waals surface area contributed by atoms with Crippen LogP contribution in [0, 0.1) is 26.1 Å². The molecule has 20 heavy (non-hydrogen) atoms. The zero-order valence-corrected chi connectivity index (χ0v) is 11.1. The number of hydrogen-bond acceptors (Lipinski definition) is 6. The van der Waals surface area contributed by atoms with Crippen LogP contribution in [0.15, 0.2) is 18.2 Å². The third-order valence-electron chi connectivity index (χ3n) is 3.68. The molecule has 1 aliphatic heterocycles. The Bertz CT molecular complexity index is 546. The number of nitro groups is 2. The Morgan fingerprint density at radius 2 is 2.05 bits per heavy atom. The van der Waals surface area contributed by atoms with E-state index in [1.54, 1.807) is 0 Å². The summed E-state index contributed by atoms with van der Waals surface area (Å²) in [6, 6.07) is 3.77. The highest BCUT2D eigenvalue weighted by atomic mass is 16.6. The van der Waals surface area contributed by atoms with Crippen LogP contribution in [0.5, 0.6) is 0 Å².